The maximum Gasteiger partial charge on any atom is 0.276 e. The van der Waals surface area contributed by atoms with E-state index in [1.54, 1.807) is 0 Å². The zero-order chi connectivity index (χ0) is 15.9. The van der Waals surface area contributed by atoms with E-state index in [0.29, 0.717) is 11.3 Å². The SMILES string of the molecule is CC(C)c1c(-c2ccccc2)nc2c(C(N)=O)c[nH]n2c1=O. The van der Waals surface area contributed by atoms with E-state index in [4.69, 9.17) is 5.73 Å². The van der Waals surface area contributed by atoms with Crippen LogP contribution in [0.25, 0.3) is 16.9 Å². The highest BCUT2D eigenvalue weighted by atomic mass is 16.1. The quantitative estimate of drug-likeness (QED) is 0.773. The number of nitrogens with two attached hydrogens (primary N) is 1. The summed E-state index contributed by atoms with van der Waals surface area (Å²) in [5, 5.41) is 2.75. The average molecular weight is 296 g/mol. The second-order valence-corrected chi connectivity index (χ2v) is 5.41. The third kappa shape index (κ3) is 2.09. The summed E-state index contributed by atoms with van der Waals surface area (Å²) < 4.78 is 1.27. The molecule has 0 fully saturated rings. The zero-order valence-corrected chi connectivity index (χ0v) is 12.3. The number of fused-ring (bicyclic) bond motifs is 1. The van der Waals surface area contributed by atoms with E-state index in [-0.39, 0.29) is 22.7 Å². The van der Waals surface area contributed by atoms with Crippen molar-refractivity contribution in [3.63, 3.8) is 0 Å². The van der Waals surface area contributed by atoms with Gasteiger partial charge in [0, 0.05) is 17.3 Å². The lowest BCUT2D eigenvalue weighted by molar-refractivity contribution is 0.100. The number of hydrogen-bond donors (Lipinski definition) is 2. The average Bonchev–Trinajstić information content (AvgIpc) is 2.92. The van der Waals surface area contributed by atoms with Crippen molar-refractivity contribution in [2.45, 2.75) is 19.8 Å². The zero-order valence-electron chi connectivity index (χ0n) is 12.3. The summed E-state index contributed by atoms with van der Waals surface area (Å²) in [7, 11) is 0. The van der Waals surface area contributed by atoms with Gasteiger partial charge < -0.3 is 5.73 Å². The molecular formula is C16H16N4O2. The minimum Gasteiger partial charge on any atom is -0.365 e. The summed E-state index contributed by atoms with van der Waals surface area (Å²) in [5.74, 6) is -0.630. The fraction of sp³-hybridized carbons (Fsp3) is 0.188. The normalized spacial score (nSPS) is 11.2. The van der Waals surface area contributed by atoms with Gasteiger partial charge in [0.25, 0.3) is 11.5 Å². The van der Waals surface area contributed by atoms with Crippen LogP contribution in [0.2, 0.25) is 0 Å². The summed E-state index contributed by atoms with van der Waals surface area (Å²) in [6.45, 7) is 3.88. The number of amides is 1. The summed E-state index contributed by atoms with van der Waals surface area (Å²) in [4.78, 5) is 28.8. The van der Waals surface area contributed by atoms with Gasteiger partial charge in [-0.25, -0.2) is 9.50 Å². The lowest BCUT2D eigenvalue weighted by Gasteiger charge is -2.12. The number of carbonyl (C=O) groups excluding carboxylic acids is 1. The molecule has 0 aliphatic rings. The van der Waals surface area contributed by atoms with Crippen LogP contribution in [0, 0.1) is 0 Å². The molecule has 6 heteroatoms. The third-order valence-electron chi connectivity index (χ3n) is 3.59. The first-order valence-corrected chi connectivity index (χ1v) is 7.00. The van der Waals surface area contributed by atoms with Crippen LogP contribution in [0.15, 0.2) is 41.3 Å². The highest BCUT2D eigenvalue weighted by Crippen LogP contribution is 2.25. The van der Waals surface area contributed by atoms with E-state index in [1.165, 1.54) is 10.7 Å². The van der Waals surface area contributed by atoms with E-state index < -0.39 is 5.91 Å². The molecule has 112 valence electrons. The third-order valence-corrected chi connectivity index (χ3v) is 3.59. The number of hydrogen-bond acceptors (Lipinski definition) is 3. The molecule has 0 aliphatic carbocycles. The molecule has 0 radical (unpaired) electrons. The van der Waals surface area contributed by atoms with Gasteiger partial charge in [-0.15, -0.1) is 0 Å². The predicted octanol–water partition coefficient (Wildman–Crippen LogP) is 1.91. The standard InChI is InChI=1S/C16H16N4O2/c1-9(2)12-13(10-6-4-3-5-7-10)19-15-11(14(17)21)8-18-20(15)16(12)22/h3-9,18H,1-2H3,(H2,17,21). The summed E-state index contributed by atoms with van der Waals surface area (Å²) >= 11 is 0. The second kappa shape index (κ2) is 5.14. The van der Waals surface area contributed by atoms with E-state index >= 15 is 0 Å². The summed E-state index contributed by atoms with van der Waals surface area (Å²) in [6.07, 6.45) is 1.41. The Morgan fingerprint density at radius 1 is 1.27 bits per heavy atom. The Balaban J connectivity index is 2.43. The number of rotatable bonds is 3. The fourth-order valence-corrected chi connectivity index (χ4v) is 2.55. The Morgan fingerprint density at radius 2 is 1.95 bits per heavy atom. The first-order chi connectivity index (χ1) is 10.5. The Hall–Kier alpha value is -2.89. The van der Waals surface area contributed by atoms with Gasteiger partial charge in [-0.2, -0.15) is 0 Å². The molecule has 3 rings (SSSR count). The Bertz CT molecular complexity index is 907. The summed E-state index contributed by atoms with van der Waals surface area (Å²) in [5.41, 5.74) is 7.60. The molecular weight excluding hydrogens is 280 g/mol. The Kier molecular flexibility index (Phi) is 3.29. The number of primary amides is 1. The molecule has 2 heterocycles. The van der Waals surface area contributed by atoms with Gasteiger partial charge >= 0.3 is 0 Å². The first kappa shape index (κ1) is 14.1. The van der Waals surface area contributed by atoms with Crippen molar-refractivity contribution in [1.29, 1.82) is 0 Å². The van der Waals surface area contributed by atoms with Crippen molar-refractivity contribution in [3.8, 4) is 11.3 Å². The van der Waals surface area contributed by atoms with Crippen LogP contribution in [0.4, 0.5) is 0 Å². The topological polar surface area (TPSA) is 93.2 Å². The van der Waals surface area contributed by atoms with Gasteiger partial charge in [0.2, 0.25) is 0 Å². The van der Waals surface area contributed by atoms with Crippen LogP contribution in [-0.2, 0) is 0 Å². The van der Waals surface area contributed by atoms with Gasteiger partial charge in [-0.05, 0) is 5.92 Å². The smallest absolute Gasteiger partial charge is 0.276 e. The van der Waals surface area contributed by atoms with Crippen molar-refractivity contribution in [3.05, 3.63) is 58.0 Å². The second-order valence-electron chi connectivity index (χ2n) is 5.41. The molecule has 0 saturated carbocycles. The molecule has 2 aromatic heterocycles. The van der Waals surface area contributed by atoms with Crippen molar-refractivity contribution in [2.24, 2.45) is 5.73 Å². The largest absolute Gasteiger partial charge is 0.365 e. The highest BCUT2D eigenvalue weighted by Gasteiger charge is 2.20. The van der Waals surface area contributed by atoms with Crippen LogP contribution in [0.3, 0.4) is 0 Å². The number of nitrogens with zero attached hydrogens (tertiary/aromatic N) is 2. The Morgan fingerprint density at radius 3 is 2.55 bits per heavy atom. The van der Waals surface area contributed by atoms with Crippen molar-refractivity contribution in [1.82, 2.24) is 14.6 Å². The van der Waals surface area contributed by atoms with E-state index in [0.717, 1.165) is 5.56 Å². The van der Waals surface area contributed by atoms with Gasteiger partial charge in [0.1, 0.15) is 5.56 Å². The van der Waals surface area contributed by atoms with Crippen molar-refractivity contribution < 1.29 is 4.79 Å². The minimum atomic E-state index is -0.623. The van der Waals surface area contributed by atoms with Crippen LogP contribution in [0.1, 0.15) is 35.7 Å². The molecule has 6 nitrogen and oxygen atoms in total. The molecule has 22 heavy (non-hydrogen) atoms. The first-order valence-electron chi connectivity index (χ1n) is 7.00. The van der Waals surface area contributed by atoms with Crippen molar-refractivity contribution >= 4 is 11.6 Å². The van der Waals surface area contributed by atoms with E-state index in [2.05, 4.69) is 10.1 Å². The van der Waals surface area contributed by atoms with Crippen molar-refractivity contribution in [2.75, 3.05) is 0 Å². The van der Waals surface area contributed by atoms with Crippen LogP contribution in [0.5, 0.6) is 0 Å². The number of benzene rings is 1. The molecule has 0 saturated heterocycles. The van der Waals surface area contributed by atoms with Crippen LogP contribution >= 0.6 is 0 Å². The lowest BCUT2D eigenvalue weighted by atomic mass is 9.98. The van der Waals surface area contributed by atoms with Gasteiger partial charge in [0.15, 0.2) is 5.65 Å². The molecule has 0 unspecified atom stereocenters. The molecule has 0 aliphatic heterocycles. The van der Waals surface area contributed by atoms with E-state index in [9.17, 15) is 9.59 Å². The summed E-state index contributed by atoms with van der Waals surface area (Å²) in [6, 6.07) is 9.45. The molecule has 1 amide bonds. The molecule has 0 bridgehead atoms. The fourth-order valence-electron chi connectivity index (χ4n) is 2.55. The van der Waals surface area contributed by atoms with Gasteiger partial charge in [-0.3, -0.25) is 14.7 Å². The number of nitrogens with one attached hydrogen (secondary N) is 1. The highest BCUT2D eigenvalue weighted by molar-refractivity contribution is 5.98. The molecule has 3 N–H and O–H groups in total. The molecule has 3 aromatic rings. The maximum atomic E-state index is 12.7. The van der Waals surface area contributed by atoms with E-state index in [1.807, 2.05) is 44.2 Å². The van der Waals surface area contributed by atoms with Crippen LogP contribution < -0.4 is 11.3 Å². The predicted molar refractivity (Wildman–Crippen MR) is 83.9 cm³/mol. The monoisotopic (exact) mass is 296 g/mol. The Labute approximate surface area is 126 Å². The maximum absolute atomic E-state index is 12.7. The minimum absolute atomic E-state index is 0.00701. The lowest BCUT2D eigenvalue weighted by Crippen LogP contribution is -2.23. The number of H-pyrrole nitrogens is 1. The number of aromatic nitrogens is 3. The molecule has 1 aromatic carbocycles. The van der Waals surface area contributed by atoms with Gasteiger partial charge in [0.05, 0.1) is 5.69 Å². The van der Waals surface area contributed by atoms with Crippen LogP contribution in [-0.4, -0.2) is 20.5 Å². The molecule has 0 atom stereocenters. The number of aromatic amines is 1. The van der Waals surface area contributed by atoms with Gasteiger partial charge in [-0.1, -0.05) is 44.2 Å². The molecule has 0 spiro atoms. The number of carbonyl (C=O) groups is 1.